The van der Waals surface area contributed by atoms with Gasteiger partial charge >= 0.3 is 0 Å². The highest BCUT2D eigenvalue weighted by molar-refractivity contribution is 5.45. The standard InChI is InChI=1S/C11H15N3O4/c1-8-6-10(12-7-9(8)14(15)16)13-18-11-4-2-3-5-17-11/h6-7,11H,2-5H2,1H3,(H,12,13). The molecular weight excluding hydrogens is 238 g/mol. The Hall–Kier alpha value is -1.73. The topological polar surface area (TPSA) is 86.5 Å². The Morgan fingerprint density at radius 3 is 3.06 bits per heavy atom. The molecule has 0 bridgehead atoms. The molecule has 0 amide bonds. The summed E-state index contributed by atoms with van der Waals surface area (Å²) in [6.07, 6.45) is 3.88. The van der Waals surface area contributed by atoms with E-state index in [2.05, 4.69) is 10.5 Å². The first kappa shape index (κ1) is 12.7. The Morgan fingerprint density at radius 1 is 1.61 bits per heavy atom. The number of aryl methyl sites for hydroxylation is 1. The summed E-state index contributed by atoms with van der Waals surface area (Å²) >= 11 is 0. The molecule has 2 rings (SSSR count). The number of hydrogen-bond acceptors (Lipinski definition) is 6. The van der Waals surface area contributed by atoms with Crippen molar-refractivity contribution in [2.45, 2.75) is 32.5 Å². The second-order valence-electron chi connectivity index (χ2n) is 4.13. The number of rotatable bonds is 4. The van der Waals surface area contributed by atoms with Gasteiger partial charge in [0.05, 0.1) is 4.92 Å². The zero-order valence-corrected chi connectivity index (χ0v) is 10.1. The monoisotopic (exact) mass is 253 g/mol. The Bertz CT molecular complexity index is 432. The van der Waals surface area contributed by atoms with E-state index < -0.39 is 4.92 Å². The third-order valence-electron chi connectivity index (χ3n) is 2.71. The van der Waals surface area contributed by atoms with Crippen LogP contribution in [0.1, 0.15) is 24.8 Å². The van der Waals surface area contributed by atoms with Crippen LogP contribution in [-0.2, 0) is 9.57 Å². The fourth-order valence-corrected chi connectivity index (χ4v) is 1.73. The van der Waals surface area contributed by atoms with Gasteiger partial charge in [-0.3, -0.25) is 10.1 Å². The average Bonchev–Trinajstić information content (AvgIpc) is 2.37. The van der Waals surface area contributed by atoms with Gasteiger partial charge in [0.2, 0.25) is 0 Å². The fraction of sp³-hybridized carbons (Fsp3) is 0.545. The van der Waals surface area contributed by atoms with Crippen LogP contribution in [0.25, 0.3) is 0 Å². The minimum absolute atomic E-state index is 0.00512. The van der Waals surface area contributed by atoms with Gasteiger partial charge in [0.1, 0.15) is 6.20 Å². The Balaban J connectivity index is 1.93. The number of pyridine rings is 1. The molecule has 18 heavy (non-hydrogen) atoms. The maximum atomic E-state index is 10.6. The van der Waals surface area contributed by atoms with Gasteiger partial charge in [0, 0.05) is 18.6 Å². The molecule has 0 radical (unpaired) electrons. The third-order valence-corrected chi connectivity index (χ3v) is 2.71. The van der Waals surface area contributed by atoms with Gasteiger partial charge in [-0.1, -0.05) is 0 Å². The zero-order chi connectivity index (χ0) is 13.0. The Kier molecular flexibility index (Phi) is 4.06. The first-order valence-electron chi connectivity index (χ1n) is 5.81. The summed E-state index contributed by atoms with van der Waals surface area (Å²) in [5.74, 6) is 0.437. The van der Waals surface area contributed by atoms with E-state index in [-0.39, 0.29) is 12.0 Å². The summed E-state index contributed by atoms with van der Waals surface area (Å²) in [6.45, 7) is 2.35. The molecule has 0 aliphatic carbocycles. The minimum Gasteiger partial charge on any atom is -0.350 e. The summed E-state index contributed by atoms with van der Waals surface area (Å²) in [5.41, 5.74) is 3.19. The van der Waals surface area contributed by atoms with Crippen LogP contribution in [0.4, 0.5) is 11.5 Å². The van der Waals surface area contributed by atoms with Crippen LogP contribution in [0.2, 0.25) is 0 Å². The number of nitrogens with zero attached hydrogens (tertiary/aromatic N) is 2. The maximum absolute atomic E-state index is 10.6. The molecule has 7 heteroatoms. The van der Waals surface area contributed by atoms with Crippen LogP contribution >= 0.6 is 0 Å². The van der Waals surface area contributed by atoms with E-state index in [0.29, 0.717) is 18.0 Å². The molecule has 1 saturated heterocycles. The predicted octanol–water partition coefficient (Wildman–Crippen LogP) is 2.17. The largest absolute Gasteiger partial charge is 0.350 e. The van der Waals surface area contributed by atoms with Gasteiger partial charge in [0.15, 0.2) is 12.1 Å². The first-order chi connectivity index (χ1) is 8.66. The van der Waals surface area contributed by atoms with E-state index in [0.717, 1.165) is 19.3 Å². The molecule has 98 valence electrons. The number of ether oxygens (including phenoxy) is 1. The van der Waals surface area contributed by atoms with Crippen LogP contribution in [0.15, 0.2) is 12.3 Å². The van der Waals surface area contributed by atoms with Crippen LogP contribution in [-0.4, -0.2) is 22.8 Å². The second-order valence-corrected chi connectivity index (χ2v) is 4.13. The normalized spacial score (nSPS) is 19.5. The van der Waals surface area contributed by atoms with Crippen molar-refractivity contribution in [2.75, 3.05) is 12.1 Å². The summed E-state index contributed by atoms with van der Waals surface area (Å²) in [5, 5.41) is 10.6. The predicted molar refractivity (Wildman–Crippen MR) is 63.9 cm³/mol. The van der Waals surface area contributed by atoms with Gasteiger partial charge in [-0.25, -0.2) is 15.3 Å². The van der Waals surface area contributed by atoms with E-state index in [1.54, 1.807) is 13.0 Å². The minimum atomic E-state index is -0.461. The lowest BCUT2D eigenvalue weighted by Crippen LogP contribution is -2.25. The second kappa shape index (κ2) is 5.74. The lowest BCUT2D eigenvalue weighted by atomic mass is 10.2. The van der Waals surface area contributed by atoms with Gasteiger partial charge in [-0.05, 0) is 25.8 Å². The van der Waals surface area contributed by atoms with E-state index in [9.17, 15) is 10.1 Å². The highest BCUT2D eigenvalue weighted by Gasteiger charge is 2.16. The van der Waals surface area contributed by atoms with Crippen molar-refractivity contribution in [1.29, 1.82) is 0 Å². The van der Waals surface area contributed by atoms with Crippen molar-refractivity contribution >= 4 is 11.5 Å². The quantitative estimate of drug-likeness (QED) is 0.653. The Labute approximate surface area is 104 Å². The highest BCUT2D eigenvalue weighted by atomic mass is 16.8. The molecule has 1 aliphatic rings. The molecular formula is C11H15N3O4. The molecule has 1 aromatic rings. The molecule has 1 unspecified atom stereocenters. The van der Waals surface area contributed by atoms with Crippen LogP contribution < -0.4 is 5.48 Å². The number of nitrogens with one attached hydrogen (secondary N) is 1. The van der Waals surface area contributed by atoms with Gasteiger partial charge in [0.25, 0.3) is 5.69 Å². The van der Waals surface area contributed by atoms with Crippen molar-refractivity contribution in [2.24, 2.45) is 0 Å². The molecule has 0 spiro atoms. The van der Waals surface area contributed by atoms with Crippen LogP contribution in [0, 0.1) is 17.0 Å². The number of anilines is 1. The van der Waals surface area contributed by atoms with Crippen molar-refractivity contribution in [1.82, 2.24) is 4.98 Å². The van der Waals surface area contributed by atoms with Gasteiger partial charge < -0.3 is 4.74 Å². The molecule has 1 N–H and O–H groups in total. The molecule has 2 heterocycles. The zero-order valence-electron chi connectivity index (χ0n) is 10.1. The molecule has 7 nitrogen and oxygen atoms in total. The number of hydrogen-bond donors (Lipinski definition) is 1. The van der Waals surface area contributed by atoms with E-state index >= 15 is 0 Å². The number of nitro groups is 1. The highest BCUT2D eigenvalue weighted by Crippen LogP contribution is 2.20. The third kappa shape index (κ3) is 3.14. The molecule has 1 aliphatic heterocycles. The lowest BCUT2D eigenvalue weighted by molar-refractivity contribution is -0.385. The van der Waals surface area contributed by atoms with Crippen LogP contribution in [0.3, 0.4) is 0 Å². The molecule has 0 saturated carbocycles. The SMILES string of the molecule is Cc1cc(NOC2CCCCO2)ncc1[N+](=O)[O-]. The van der Waals surface area contributed by atoms with Crippen molar-refractivity contribution in [3.63, 3.8) is 0 Å². The van der Waals surface area contributed by atoms with Crippen molar-refractivity contribution < 1.29 is 14.5 Å². The van der Waals surface area contributed by atoms with Crippen molar-refractivity contribution in [3.8, 4) is 0 Å². The van der Waals surface area contributed by atoms with Crippen LogP contribution in [0.5, 0.6) is 0 Å². The molecule has 0 aromatic carbocycles. The molecule has 1 atom stereocenters. The lowest BCUT2D eigenvalue weighted by Gasteiger charge is -2.22. The summed E-state index contributed by atoms with van der Waals surface area (Å²) in [4.78, 5) is 19.4. The average molecular weight is 253 g/mol. The van der Waals surface area contributed by atoms with Crippen molar-refractivity contribution in [3.05, 3.63) is 27.9 Å². The molecule has 1 aromatic heterocycles. The van der Waals surface area contributed by atoms with E-state index in [1.807, 2.05) is 0 Å². The first-order valence-corrected chi connectivity index (χ1v) is 5.81. The summed E-state index contributed by atoms with van der Waals surface area (Å²) < 4.78 is 5.37. The van der Waals surface area contributed by atoms with Gasteiger partial charge in [-0.15, -0.1) is 0 Å². The fourth-order valence-electron chi connectivity index (χ4n) is 1.73. The Morgan fingerprint density at radius 2 is 2.44 bits per heavy atom. The summed E-state index contributed by atoms with van der Waals surface area (Å²) in [7, 11) is 0. The summed E-state index contributed by atoms with van der Waals surface area (Å²) in [6, 6.07) is 1.57. The number of aromatic nitrogens is 1. The van der Waals surface area contributed by atoms with Gasteiger partial charge in [-0.2, -0.15) is 0 Å². The smallest absolute Gasteiger partial charge is 0.290 e. The molecule has 1 fully saturated rings. The maximum Gasteiger partial charge on any atom is 0.290 e. The van der Waals surface area contributed by atoms with E-state index in [1.165, 1.54) is 6.20 Å². The van der Waals surface area contributed by atoms with E-state index in [4.69, 9.17) is 9.57 Å².